The van der Waals surface area contributed by atoms with E-state index in [2.05, 4.69) is 9.72 Å². The summed E-state index contributed by atoms with van der Waals surface area (Å²) in [5.41, 5.74) is 0.0694. The van der Waals surface area contributed by atoms with Crippen LogP contribution in [0.4, 0.5) is 13.2 Å². The minimum atomic E-state index is -4.87. The van der Waals surface area contributed by atoms with E-state index >= 15 is 0 Å². The van der Waals surface area contributed by atoms with Crippen molar-refractivity contribution in [2.24, 2.45) is 0 Å². The van der Waals surface area contributed by atoms with E-state index in [0.29, 0.717) is 0 Å². The van der Waals surface area contributed by atoms with E-state index in [-0.39, 0.29) is 28.0 Å². The van der Waals surface area contributed by atoms with Crippen molar-refractivity contribution in [1.29, 1.82) is 0 Å². The highest BCUT2D eigenvalue weighted by molar-refractivity contribution is 14.1. The maximum absolute atomic E-state index is 12.3. The Balaban J connectivity index is 3.08. The molecule has 5 nitrogen and oxygen atoms in total. The molecule has 9 heteroatoms. The van der Waals surface area contributed by atoms with Gasteiger partial charge in [-0.2, -0.15) is 0 Å². The lowest BCUT2D eigenvalue weighted by atomic mass is 10.2. The maximum atomic E-state index is 12.3. The molecule has 112 valence electrons. The summed E-state index contributed by atoms with van der Waals surface area (Å²) < 4.78 is 50.3. The van der Waals surface area contributed by atoms with Gasteiger partial charge in [0.05, 0.1) is 25.8 Å². The lowest BCUT2D eigenvalue weighted by Crippen LogP contribution is -2.19. The molecule has 0 aliphatic rings. The molecule has 1 rings (SSSR count). The minimum absolute atomic E-state index is 0.0648. The van der Waals surface area contributed by atoms with Crippen LogP contribution in [0.3, 0.4) is 0 Å². The third-order valence-corrected chi connectivity index (χ3v) is 3.00. The Bertz CT molecular complexity index is 493. The van der Waals surface area contributed by atoms with Crippen LogP contribution in [0.15, 0.2) is 6.07 Å². The number of aromatic nitrogens is 1. The first kappa shape index (κ1) is 16.8. The molecule has 0 saturated heterocycles. The molecule has 0 amide bonds. The van der Waals surface area contributed by atoms with Gasteiger partial charge in [-0.25, -0.2) is 4.98 Å². The van der Waals surface area contributed by atoms with Gasteiger partial charge < -0.3 is 14.2 Å². The van der Waals surface area contributed by atoms with Crippen LogP contribution in [0.1, 0.15) is 12.6 Å². The Morgan fingerprint density at radius 3 is 2.60 bits per heavy atom. The van der Waals surface area contributed by atoms with Gasteiger partial charge >= 0.3 is 12.3 Å². The highest BCUT2D eigenvalue weighted by atomic mass is 127. The first-order valence-electron chi connectivity index (χ1n) is 5.41. The Labute approximate surface area is 126 Å². The standard InChI is InChI=1S/C11H11F3INO4/c1-3-19-8(17)5-6-4-7(18-2)9(15)10(16-6)20-11(12,13)14/h4H,3,5H2,1-2H3. The summed E-state index contributed by atoms with van der Waals surface area (Å²) in [4.78, 5) is 15.0. The van der Waals surface area contributed by atoms with Gasteiger partial charge in [0.15, 0.2) is 0 Å². The highest BCUT2D eigenvalue weighted by Crippen LogP contribution is 2.32. The monoisotopic (exact) mass is 405 g/mol. The second-order valence-corrected chi connectivity index (χ2v) is 4.54. The summed E-state index contributed by atoms with van der Waals surface area (Å²) in [5, 5.41) is 0. The third-order valence-electron chi connectivity index (χ3n) is 2.01. The third kappa shape index (κ3) is 5.02. The average Bonchev–Trinajstić information content (AvgIpc) is 2.31. The molecule has 1 aromatic rings. The first-order valence-corrected chi connectivity index (χ1v) is 6.49. The lowest BCUT2D eigenvalue weighted by molar-refractivity contribution is -0.276. The Hall–Kier alpha value is -1.26. The zero-order valence-electron chi connectivity index (χ0n) is 10.6. The van der Waals surface area contributed by atoms with Gasteiger partial charge in [-0.1, -0.05) is 0 Å². The second kappa shape index (κ2) is 6.95. The van der Waals surface area contributed by atoms with E-state index in [1.807, 2.05) is 0 Å². The number of alkyl halides is 3. The van der Waals surface area contributed by atoms with Crippen LogP contribution in [-0.4, -0.2) is 31.0 Å². The quantitative estimate of drug-likeness (QED) is 0.557. The van der Waals surface area contributed by atoms with E-state index in [1.165, 1.54) is 13.2 Å². The van der Waals surface area contributed by atoms with E-state index < -0.39 is 18.2 Å². The molecule has 0 aliphatic carbocycles. The zero-order valence-corrected chi connectivity index (χ0v) is 12.7. The van der Waals surface area contributed by atoms with Gasteiger partial charge in [-0.05, 0) is 29.5 Å². The molecule has 1 heterocycles. The predicted octanol–water partition coefficient (Wildman–Crippen LogP) is 2.70. The van der Waals surface area contributed by atoms with Crippen molar-refractivity contribution < 1.29 is 32.2 Å². The molecule has 0 unspecified atom stereocenters. The average molecular weight is 405 g/mol. The SMILES string of the molecule is CCOC(=O)Cc1cc(OC)c(I)c(OC(F)(F)F)n1. The van der Waals surface area contributed by atoms with Crippen molar-refractivity contribution in [3.05, 3.63) is 15.3 Å². The molecule has 0 radical (unpaired) electrons. The van der Waals surface area contributed by atoms with E-state index in [4.69, 9.17) is 9.47 Å². The summed E-state index contributed by atoms with van der Waals surface area (Å²) in [7, 11) is 1.29. The number of esters is 1. The first-order chi connectivity index (χ1) is 9.26. The molecule has 0 saturated carbocycles. The van der Waals surface area contributed by atoms with Crippen LogP contribution in [0.5, 0.6) is 11.6 Å². The van der Waals surface area contributed by atoms with Gasteiger partial charge in [0, 0.05) is 6.07 Å². The van der Waals surface area contributed by atoms with Crippen LogP contribution in [-0.2, 0) is 16.0 Å². The number of rotatable bonds is 5. The minimum Gasteiger partial charge on any atom is -0.495 e. The second-order valence-electron chi connectivity index (χ2n) is 3.46. The summed E-state index contributed by atoms with van der Waals surface area (Å²) >= 11 is 1.62. The van der Waals surface area contributed by atoms with Crippen molar-refractivity contribution in [1.82, 2.24) is 4.98 Å². The maximum Gasteiger partial charge on any atom is 0.574 e. The van der Waals surface area contributed by atoms with Gasteiger partial charge in [0.25, 0.3) is 0 Å². The van der Waals surface area contributed by atoms with Crippen molar-refractivity contribution in [3.63, 3.8) is 0 Å². The number of ether oxygens (including phenoxy) is 3. The largest absolute Gasteiger partial charge is 0.574 e. The lowest BCUT2D eigenvalue weighted by Gasteiger charge is -2.13. The Morgan fingerprint density at radius 2 is 2.10 bits per heavy atom. The molecule has 20 heavy (non-hydrogen) atoms. The molecule has 0 aliphatic heterocycles. The van der Waals surface area contributed by atoms with Crippen LogP contribution in [0.25, 0.3) is 0 Å². The summed E-state index contributed by atoms with van der Waals surface area (Å²) in [6.45, 7) is 1.80. The molecular formula is C11H11F3INO4. The van der Waals surface area contributed by atoms with Crippen LogP contribution in [0, 0.1) is 3.57 Å². The Kier molecular flexibility index (Phi) is 5.84. The highest BCUT2D eigenvalue weighted by Gasteiger charge is 2.33. The van der Waals surface area contributed by atoms with Crippen LogP contribution in [0.2, 0.25) is 0 Å². The summed E-state index contributed by atoms with van der Waals surface area (Å²) in [6.07, 6.45) is -5.14. The summed E-state index contributed by atoms with van der Waals surface area (Å²) in [6, 6.07) is 1.36. The van der Waals surface area contributed by atoms with Gasteiger partial charge in [-0.15, -0.1) is 13.2 Å². The fraction of sp³-hybridized carbons (Fsp3) is 0.455. The van der Waals surface area contributed by atoms with Crippen molar-refractivity contribution in [2.45, 2.75) is 19.7 Å². The van der Waals surface area contributed by atoms with E-state index in [0.717, 1.165) is 0 Å². The van der Waals surface area contributed by atoms with Crippen molar-refractivity contribution in [2.75, 3.05) is 13.7 Å². The van der Waals surface area contributed by atoms with Gasteiger partial charge in [0.2, 0.25) is 5.88 Å². The Morgan fingerprint density at radius 1 is 1.45 bits per heavy atom. The number of hydrogen-bond donors (Lipinski definition) is 0. The number of carbonyl (C=O) groups excluding carboxylic acids is 1. The van der Waals surface area contributed by atoms with E-state index in [1.54, 1.807) is 29.5 Å². The zero-order chi connectivity index (χ0) is 15.3. The number of methoxy groups -OCH3 is 1. The van der Waals surface area contributed by atoms with Crippen LogP contribution < -0.4 is 9.47 Å². The van der Waals surface area contributed by atoms with Gasteiger partial charge in [-0.3, -0.25) is 4.79 Å². The normalized spacial score (nSPS) is 11.1. The number of halogens is 4. The predicted molar refractivity (Wildman–Crippen MR) is 70.5 cm³/mol. The van der Waals surface area contributed by atoms with Crippen molar-refractivity contribution in [3.8, 4) is 11.6 Å². The number of pyridine rings is 1. The molecule has 0 atom stereocenters. The molecular weight excluding hydrogens is 394 g/mol. The molecule has 0 fully saturated rings. The fourth-order valence-electron chi connectivity index (χ4n) is 1.31. The molecule has 0 N–H and O–H groups in total. The number of carbonyl (C=O) groups is 1. The van der Waals surface area contributed by atoms with Gasteiger partial charge in [0.1, 0.15) is 9.32 Å². The summed E-state index contributed by atoms with van der Waals surface area (Å²) in [5.74, 6) is -1.11. The van der Waals surface area contributed by atoms with Crippen LogP contribution >= 0.6 is 22.6 Å². The molecule has 0 aromatic carbocycles. The fourth-order valence-corrected chi connectivity index (χ4v) is 1.91. The smallest absolute Gasteiger partial charge is 0.495 e. The van der Waals surface area contributed by atoms with E-state index in [9.17, 15) is 18.0 Å². The molecule has 0 bridgehead atoms. The number of hydrogen-bond acceptors (Lipinski definition) is 5. The topological polar surface area (TPSA) is 57.7 Å². The van der Waals surface area contributed by atoms with Crippen molar-refractivity contribution >= 4 is 28.6 Å². The molecule has 0 spiro atoms. The number of nitrogens with zero attached hydrogens (tertiary/aromatic N) is 1. The molecule has 1 aromatic heterocycles.